The van der Waals surface area contributed by atoms with E-state index in [9.17, 15) is 0 Å². The molecule has 0 radical (unpaired) electrons. The Labute approximate surface area is 142 Å². The molecule has 0 heterocycles. The van der Waals surface area contributed by atoms with Crippen molar-refractivity contribution >= 4 is 8.07 Å². The molecule has 0 saturated carbocycles. The summed E-state index contributed by atoms with van der Waals surface area (Å²) in [6.45, 7) is 11.8. The highest BCUT2D eigenvalue weighted by Crippen LogP contribution is 2.44. The fourth-order valence-corrected chi connectivity index (χ4v) is 6.64. The summed E-state index contributed by atoms with van der Waals surface area (Å²) >= 11 is 0. The van der Waals surface area contributed by atoms with Gasteiger partial charge in [0, 0.05) is 5.04 Å². The SMILES string of the molecule is C=COCCCC(c1ccccc1)(c1ccccc1)[Si](C)(C)C. The maximum atomic E-state index is 5.39. The first kappa shape index (κ1) is 17.5. The predicted molar refractivity (Wildman–Crippen MR) is 102 cm³/mol. The van der Waals surface area contributed by atoms with Gasteiger partial charge in [-0.05, 0) is 24.0 Å². The second-order valence-corrected chi connectivity index (χ2v) is 12.4. The van der Waals surface area contributed by atoms with E-state index < -0.39 is 8.07 Å². The van der Waals surface area contributed by atoms with Crippen LogP contribution < -0.4 is 0 Å². The summed E-state index contributed by atoms with van der Waals surface area (Å²) in [4.78, 5) is 0. The molecule has 1 nitrogen and oxygen atoms in total. The molecule has 0 aromatic heterocycles. The summed E-state index contributed by atoms with van der Waals surface area (Å²) in [6.07, 6.45) is 3.67. The van der Waals surface area contributed by atoms with Crippen LogP contribution >= 0.6 is 0 Å². The molecule has 0 spiro atoms. The van der Waals surface area contributed by atoms with Gasteiger partial charge in [-0.15, -0.1) is 0 Å². The third-order valence-electron chi connectivity index (χ3n) is 4.75. The minimum Gasteiger partial charge on any atom is -0.502 e. The van der Waals surface area contributed by atoms with E-state index in [1.54, 1.807) is 6.26 Å². The van der Waals surface area contributed by atoms with Gasteiger partial charge in [0.2, 0.25) is 0 Å². The van der Waals surface area contributed by atoms with Crippen molar-refractivity contribution in [2.24, 2.45) is 0 Å². The molecular formula is C21H28OSi. The maximum absolute atomic E-state index is 5.39. The topological polar surface area (TPSA) is 9.23 Å². The number of hydrogen-bond donors (Lipinski definition) is 0. The average Bonchev–Trinajstić information content (AvgIpc) is 2.55. The first-order chi connectivity index (χ1) is 11.0. The van der Waals surface area contributed by atoms with Crippen molar-refractivity contribution in [1.29, 1.82) is 0 Å². The Morgan fingerprint density at radius 2 is 1.39 bits per heavy atom. The predicted octanol–water partition coefficient (Wildman–Crippen LogP) is 5.79. The van der Waals surface area contributed by atoms with Gasteiger partial charge in [0.25, 0.3) is 0 Å². The summed E-state index contributed by atoms with van der Waals surface area (Å²) in [6, 6.07) is 22.0. The van der Waals surface area contributed by atoms with Gasteiger partial charge < -0.3 is 4.74 Å². The lowest BCUT2D eigenvalue weighted by atomic mass is 9.86. The van der Waals surface area contributed by atoms with Gasteiger partial charge in [0.1, 0.15) is 0 Å². The van der Waals surface area contributed by atoms with Crippen LogP contribution in [0.5, 0.6) is 0 Å². The van der Waals surface area contributed by atoms with Crippen LogP contribution in [0.2, 0.25) is 19.6 Å². The summed E-state index contributed by atoms with van der Waals surface area (Å²) in [5, 5.41) is 0.0973. The Kier molecular flexibility index (Phi) is 5.84. The van der Waals surface area contributed by atoms with Crippen LogP contribution in [-0.2, 0) is 9.78 Å². The van der Waals surface area contributed by atoms with E-state index in [1.165, 1.54) is 11.1 Å². The lowest BCUT2D eigenvalue weighted by molar-refractivity contribution is 0.238. The molecule has 23 heavy (non-hydrogen) atoms. The Hall–Kier alpha value is -1.80. The third kappa shape index (κ3) is 3.76. The third-order valence-corrected chi connectivity index (χ3v) is 8.13. The van der Waals surface area contributed by atoms with Gasteiger partial charge >= 0.3 is 0 Å². The van der Waals surface area contributed by atoms with Crippen LogP contribution in [0.3, 0.4) is 0 Å². The smallest absolute Gasteiger partial charge is 0.0873 e. The molecule has 0 atom stereocenters. The number of hydrogen-bond acceptors (Lipinski definition) is 1. The largest absolute Gasteiger partial charge is 0.502 e. The number of benzene rings is 2. The molecule has 2 aromatic rings. The van der Waals surface area contributed by atoms with E-state index in [0.717, 1.165) is 19.4 Å². The van der Waals surface area contributed by atoms with Crippen LogP contribution in [0, 0.1) is 0 Å². The molecule has 0 aliphatic heterocycles. The first-order valence-electron chi connectivity index (χ1n) is 8.36. The summed E-state index contributed by atoms with van der Waals surface area (Å²) in [5.41, 5.74) is 2.87. The van der Waals surface area contributed by atoms with Crippen LogP contribution in [0.4, 0.5) is 0 Å². The molecule has 0 bridgehead atoms. The number of ether oxygens (including phenoxy) is 1. The fraction of sp³-hybridized carbons (Fsp3) is 0.333. The highest BCUT2D eigenvalue weighted by Gasteiger charge is 2.45. The monoisotopic (exact) mass is 324 g/mol. The Morgan fingerprint density at radius 3 is 1.78 bits per heavy atom. The normalized spacial score (nSPS) is 12.0. The quantitative estimate of drug-likeness (QED) is 0.339. The lowest BCUT2D eigenvalue weighted by Crippen LogP contribution is -2.50. The zero-order chi connectivity index (χ0) is 16.8. The van der Waals surface area contributed by atoms with Gasteiger partial charge in [-0.1, -0.05) is 86.9 Å². The summed E-state index contributed by atoms with van der Waals surface area (Å²) in [7, 11) is -1.56. The highest BCUT2D eigenvalue weighted by molar-refractivity contribution is 6.79. The molecule has 0 saturated heterocycles. The van der Waals surface area contributed by atoms with Crippen molar-refractivity contribution < 1.29 is 4.74 Å². The average molecular weight is 325 g/mol. The van der Waals surface area contributed by atoms with Crippen molar-refractivity contribution in [2.45, 2.75) is 37.5 Å². The van der Waals surface area contributed by atoms with Gasteiger partial charge in [-0.25, -0.2) is 0 Å². The van der Waals surface area contributed by atoms with Crippen molar-refractivity contribution in [3.05, 3.63) is 84.6 Å². The number of rotatable bonds is 8. The lowest BCUT2D eigenvalue weighted by Gasteiger charge is -2.45. The summed E-state index contributed by atoms with van der Waals surface area (Å²) in [5.74, 6) is 0. The van der Waals surface area contributed by atoms with Gasteiger partial charge in [-0.2, -0.15) is 0 Å². The molecule has 2 aromatic carbocycles. The van der Waals surface area contributed by atoms with Gasteiger partial charge in [0.05, 0.1) is 20.9 Å². The molecule has 2 heteroatoms. The summed E-state index contributed by atoms with van der Waals surface area (Å²) < 4.78 is 5.39. The zero-order valence-corrected chi connectivity index (χ0v) is 15.6. The molecule has 0 aliphatic rings. The van der Waals surface area contributed by atoms with Gasteiger partial charge in [-0.3, -0.25) is 0 Å². The van der Waals surface area contributed by atoms with Gasteiger partial charge in [0.15, 0.2) is 0 Å². The van der Waals surface area contributed by atoms with E-state index in [1.807, 2.05) is 0 Å². The van der Waals surface area contributed by atoms with Crippen LogP contribution in [0.15, 0.2) is 73.5 Å². The Balaban J connectivity index is 2.53. The zero-order valence-electron chi connectivity index (χ0n) is 14.6. The Bertz CT molecular complexity index is 559. The Morgan fingerprint density at radius 1 is 0.913 bits per heavy atom. The van der Waals surface area contributed by atoms with Crippen molar-refractivity contribution in [1.82, 2.24) is 0 Å². The molecule has 0 unspecified atom stereocenters. The van der Waals surface area contributed by atoms with E-state index in [0.29, 0.717) is 0 Å². The first-order valence-corrected chi connectivity index (χ1v) is 11.9. The molecule has 2 rings (SSSR count). The minimum absolute atomic E-state index is 0.0973. The molecule has 0 fully saturated rings. The molecular weight excluding hydrogens is 296 g/mol. The second kappa shape index (κ2) is 7.65. The fourth-order valence-electron chi connectivity index (χ4n) is 3.65. The molecule has 0 aliphatic carbocycles. The van der Waals surface area contributed by atoms with E-state index >= 15 is 0 Å². The van der Waals surface area contributed by atoms with Crippen LogP contribution in [-0.4, -0.2) is 14.7 Å². The molecule has 122 valence electrons. The minimum atomic E-state index is -1.56. The van der Waals surface area contributed by atoms with Crippen LogP contribution in [0.1, 0.15) is 24.0 Å². The van der Waals surface area contributed by atoms with Crippen molar-refractivity contribution in [3.63, 3.8) is 0 Å². The van der Waals surface area contributed by atoms with E-state index in [-0.39, 0.29) is 5.04 Å². The van der Waals surface area contributed by atoms with Crippen molar-refractivity contribution in [2.75, 3.05) is 6.61 Å². The van der Waals surface area contributed by atoms with Crippen LogP contribution in [0.25, 0.3) is 0 Å². The second-order valence-electron chi connectivity index (χ2n) is 7.03. The highest BCUT2D eigenvalue weighted by atomic mass is 28.3. The van der Waals surface area contributed by atoms with Crippen molar-refractivity contribution in [3.8, 4) is 0 Å². The van der Waals surface area contributed by atoms with E-state index in [2.05, 4.69) is 86.9 Å². The maximum Gasteiger partial charge on any atom is 0.0873 e. The molecule has 0 amide bonds. The molecule has 0 N–H and O–H groups in total. The van der Waals surface area contributed by atoms with E-state index in [4.69, 9.17) is 4.74 Å². The standard InChI is InChI=1S/C21H28OSi/c1-5-22-18-12-17-21(23(2,3)4,19-13-8-6-9-14-19)20-15-10-7-11-16-20/h5-11,13-16H,1,12,17-18H2,2-4H3.